The van der Waals surface area contributed by atoms with Gasteiger partial charge < -0.3 is 5.32 Å². The topological polar surface area (TPSA) is 72.2 Å². The maximum Gasteiger partial charge on any atom is 0.297 e. The Morgan fingerprint density at radius 2 is 2.13 bits per heavy atom. The lowest BCUT2D eigenvalue weighted by molar-refractivity contribution is 0.457. The van der Waals surface area contributed by atoms with Crippen molar-refractivity contribution < 1.29 is 0 Å². The minimum atomic E-state index is -0.162. The van der Waals surface area contributed by atoms with E-state index in [1.54, 1.807) is 0 Å². The number of hydrogen-bond donors (Lipinski definition) is 1. The molecule has 3 aromatic rings. The van der Waals surface area contributed by atoms with Crippen molar-refractivity contribution in [2.24, 2.45) is 0 Å². The lowest BCUT2D eigenvalue weighted by Crippen LogP contribution is -2.28. The number of nitrogens with zero attached hydrogens (tertiary/aromatic N) is 4. The Hall–Kier alpha value is -2.12. The third-order valence-corrected chi connectivity index (χ3v) is 5.19. The quantitative estimate of drug-likeness (QED) is 0.791. The van der Waals surface area contributed by atoms with E-state index in [-0.39, 0.29) is 5.56 Å². The summed E-state index contributed by atoms with van der Waals surface area (Å²) in [5, 5.41) is 17.2. The Balaban J connectivity index is 1.69. The Bertz CT molecular complexity index is 867. The van der Waals surface area contributed by atoms with Crippen LogP contribution >= 0.6 is 11.3 Å². The van der Waals surface area contributed by atoms with Crippen LogP contribution in [0.25, 0.3) is 4.96 Å². The second-order valence-corrected chi connectivity index (χ2v) is 6.78. The molecular formula is C16H17N5OS. The van der Waals surface area contributed by atoms with Crippen LogP contribution in [0.5, 0.6) is 0 Å². The molecule has 1 unspecified atom stereocenters. The van der Waals surface area contributed by atoms with Gasteiger partial charge in [-0.2, -0.15) is 9.61 Å². The first-order valence-corrected chi connectivity index (χ1v) is 8.63. The molecule has 118 valence electrons. The van der Waals surface area contributed by atoms with Gasteiger partial charge in [-0.05, 0) is 24.9 Å². The first kappa shape index (κ1) is 14.5. The van der Waals surface area contributed by atoms with Gasteiger partial charge in [0.2, 0.25) is 4.96 Å². The highest BCUT2D eigenvalue weighted by Crippen LogP contribution is 2.26. The molecule has 1 aliphatic heterocycles. The van der Waals surface area contributed by atoms with E-state index in [0.29, 0.717) is 23.0 Å². The van der Waals surface area contributed by atoms with Crippen molar-refractivity contribution in [1.82, 2.24) is 25.1 Å². The van der Waals surface area contributed by atoms with E-state index in [2.05, 4.69) is 20.6 Å². The van der Waals surface area contributed by atoms with E-state index < -0.39 is 0 Å². The first-order valence-electron chi connectivity index (χ1n) is 7.81. The van der Waals surface area contributed by atoms with Crippen molar-refractivity contribution >= 4 is 16.3 Å². The van der Waals surface area contributed by atoms with Gasteiger partial charge in [0.15, 0.2) is 0 Å². The average Bonchev–Trinajstić information content (AvgIpc) is 3.04. The summed E-state index contributed by atoms with van der Waals surface area (Å²) in [5.41, 5.74) is 1.32. The van der Waals surface area contributed by atoms with E-state index in [0.717, 1.165) is 36.5 Å². The fourth-order valence-electron chi connectivity index (χ4n) is 2.89. The predicted molar refractivity (Wildman–Crippen MR) is 89.0 cm³/mol. The maximum absolute atomic E-state index is 12.6. The smallest absolute Gasteiger partial charge is 0.297 e. The number of nitrogens with one attached hydrogen (secondary N) is 1. The van der Waals surface area contributed by atoms with Crippen LogP contribution in [-0.4, -0.2) is 32.9 Å². The molecule has 7 heteroatoms. The van der Waals surface area contributed by atoms with Crippen LogP contribution in [0.2, 0.25) is 0 Å². The van der Waals surface area contributed by atoms with E-state index in [1.165, 1.54) is 15.9 Å². The van der Waals surface area contributed by atoms with Crippen molar-refractivity contribution in [1.29, 1.82) is 0 Å². The number of rotatable bonds is 3. The van der Waals surface area contributed by atoms with E-state index in [4.69, 9.17) is 0 Å². The molecule has 0 radical (unpaired) electrons. The van der Waals surface area contributed by atoms with Crippen LogP contribution in [0.3, 0.4) is 0 Å². The molecule has 1 aromatic carbocycles. The number of aromatic nitrogens is 4. The molecule has 1 atom stereocenters. The molecule has 0 amide bonds. The largest absolute Gasteiger partial charge is 0.316 e. The summed E-state index contributed by atoms with van der Waals surface area (Å²) < 4.78 is 1.42. The summed E-state index contributed by atoms with van der Waals surface area (Å²) in [6.45, 7) is 1.97. The second kappa shape index (κ2) is 6.17. The van der Waals surface area contributed by atoms with Crippen molar-refractivity contribution in [2.75, 3.05) is 13.1 Å². The molecule has 23 heavy (non-hydrogen) atoms. The molecule has 0 aliphatic carbocycles. The zero-order valence-corrected chi connectivity index (χ0v) is 13.4. The van der Waals surface area contributed by atoms with Crippen LogP contribution in [0, 0.1) is 0 Å². The number of fused-ring (bicyclic) bond motifs is 1. The Morgan fingerprint density at radius 1 is 1.26 bits per heavy atom. The van der Waals surface area contributed by atoms with Crippen molar-refractivity contribution in [3.05, 3.63) is 57.0 Å². The molecule has 1 N–H and O–H groups in total. The summed E-state index contributed by atoms with van der Waals surface area (Å²) in [4.78, 5) is 13.2. The maximum atomic E-state index is 12.6. The van der Waals surface area contributed by atoms with Gasteiger partial charge >= 0.3 is 0 Å². The fraction of sp³-hybridized carbons (Fsp3) is 0.375. The Labute approximate surface area is 137 Å². The van der Waals surface area contributed by atoms with Gasteiger partial charge in [0.25, 0.3) is 5.56 Å². The predicted octanol–water partition coefficient (Wildman–Crippen LogP) is 1.60. The normalized spacial score (nSPS) is 18.3. The molecule has 2 aromatic heterocycles. The van der Waals surface area contributed by atoms with Gasteiger partial charge in [-0.25, -0.2) is 0 Å². The fourth-order valence-corrected chi connectivity index (χ4v) is 3.86. The van der Waals surface area contributed by atoms with Crippen LogP contribution < -0.4 is 10.9 Å². The Kier molecular flexibility index (Phi) is 3.88. The highest BCUT2D eigenvalue weighted by Gasteiger charge is 2.21. The minimum absolute atomic E-state index is 0.162. The molecule has 1 fully saturated rings. The molecule has 0 spiro atoms. The molecular weight excluding hydrogens is 310 g/mol. The van der Waals surface area contributed by atoms with Crippen LogP contribution in [-0.2, 0) is 6.42 Å². The van der Waals surface area contributed by atoms with Gasteiger partial charge in [-0.1, -0.05) is 41.7 Å². The summed E-state index contributed by atoms with van der Waals surface area (Å²) in [6.07, 6.45) is 2.72. The SMILES string of the molecule is O=c1c(Cc2ccccc2)nnc2sc(C3CCCNC3)nn12. The zero-order valence-electron chi connectivity index (χ0n) is 12.6. The van der Waals surface area contributed by atoms with E-state index in [1.807, 2.05) is 30.3 Å². The summed E-state index contributed by atoms with van der Waals surface area (Å²) >= 11 is 1.47. The third-order valence-electron chi connectivity index (χ3n) is 4.13. The van der Waals surface area contributed by atoms with Gasteiger partial charge in [0.1, 0.15) is 10.7 Å². The second-order valence-electron chi connectivity index (χ2n) is 5.79. The number of hydrogen-bond acceptors (Lipinski definition) is 6. The lowest BCUT2D eigenvalue weighted by Gasteiger charge is -2.19. The lowest BCUT2D eigenvalue weighted by atomic mass is 10.0. The van der Waals surface area contributed by atoms with Crippen LogP contribution in [0.1, 0.15) is 35.0 Å². The van der Waals surface area contributed by atoms with Gasteiger partial charge in [-0.15, -0.1) is 10.2 Å². The number of benzene rings is 1. The summed E-state index contributed by atoms with van der Waals surface area (Å²) in [6, 6.07) is 9.83. The minimum Gasteiger partial charge on any atom is -0.316 e. The molecule has 4 rings (SSSR count). The Morgan fingerprint density at radius 3 is 2.91 bits per heavy atom. The van der Waals surface area contributed by atoms with Crippen molar-refractivity contribution in [3.63, 3.8) is 0 Å². The monoisotopic (exact) mass is 327 g/mol. The van der Waals surface area contributed by atoms with Gasteiger partial charge in [0, 0.05) is 18.9 Å². The molecule has 1 saturated heterocycles. The van der Waals surface area contributed by atoms with Crippen LogP contribution in [0.4, 0.5) is 0 Å². The van der Waals surface area contributed by atoms with E-state index in [9.17, 15) is 4.79 Å². The zero-order chi connectivity index (χ0) is 15.6. The van der Waals surface area contributed by atoms with Crippen LogP contribution in [0.15, 0.2) is 35.1 Å². The third kappa shape index (κ3) is 2.89. The molecule has 1 aliphatic rings. The summed E-state index contributed by atoms with van der Waals surface area (Å²) in [7, 11) is 0. The molecule has 6 nitrogen and oxygen atoms in total. The highest BCUT2D eigenvalue weighted by molar-refractivity contribution is 7.16. The molecule has 3 heterocycles. The summed E-state index contributed by atoms with van der Waals surface area (Å²) in [5.74, 6) is 0.368. The van der Waals surface area contributed by atoms with Gasteiger partial charge in [-0.3, -0.25) is 4.79 Å². The highest BCUT2D eigenvalue weighted by atomic mass is 32.1. The molecule has 0 saturated carbocycles. The van der Waals surface area contributed by atoms with Crippen molar-refractivity contribution in [2.45, 2.75) is 25.2 Å². The van der Waals surface area contributed by atoms with Crippen molar-refractivity contribution in [3.8, 4) is 0 Å². The number of piperidine rings is 1. The average molecular weight is 327 g/mol. The van der Waals surface area contributed by atoms with Gasteiger partial charge in [0.05, 0.1) is 0 Å². The first-order chi connectivity index (χ1) is 11.3. The molecule has 0 bridgehead atoms. The standard InChI is InChI=1S/C16H17N5OS/c22-15-13(9-11-5-2-1-3-6-11)18-19-16-21(15)20-14(23-16)12-7-4-8-17-10-12/h1-3,5-6,12,17H,4,7-10H2. The van der Waals surface area contributed by atoms with E-state index >= 15 is 0 Å².